The lowest BCUT2D eigenvalue weighted by atomic mass is 10.0. The Kier molecular flexibility index (Phi) is 4.70. The molecule has 0 unspecified atom stereocenters. The fourth-order valence-corrected chi connectivity index (χ4v) is 2.61. The predicted molar refractivity (Wildman–Crippen MR) is 85.3 cm³/mol. The molecule has 21 heavy (non-hydrogen) atoms. The fourth-order valence-electron chi connectivity index (χ4n) is 1.97. The van der Waals surface area contributed by atoms with Gasteiger partial charge in [-0.15, -0.1) is 0 Å². The monoisotopic (exact) mass is 324 g/mol. The molecule has 1 amide bonds. The molecule has 1 aromatic heterocycles. The average Bonchev–Trinajstić information content (AvgIpc) is 2.40. The van der Waals surface area contributed by atoms with Gasteiger partial charge in [-0.05, 0) is 36.2 Å². The maximum atomic E-state index is 11.3. The van der Waals surface area contributed by atoms with Gasteiger partial charge in [0.15, 0.2) is 5.75 Å². The van der Waals surface area contributed by atoms with E-state index in [1.54, 1.807) is 18.3 Å². The van der Waals surface area contributed by atoms with Crippen molar-refractivity contribution in [3.63, 3.8) is 0 Å². The highest BCUT2D eigenvalue weighted by Crippen LogP contribution is 2.39. The minimum Gasteiger partial charge on any atom is -0.494 e. The number of benzene rings is 1. The third kappa shape index (κ3) is 3.46. The molecule has 0 aliphatic rings. The van der Waals surface area contributed by atoms with Crippen molar-refractivity contribution in [1.82, 2.24) is 4.98 Å². The smallest absolute Gasteiger partial charge is 0.222 e. The Hall–Kier alpha value is -1.78. The maximum absolute atomic E-state index is 11.3. The van der Waals surface area contributed by atoms with E-state index in [9.17, 15) is 4.79 Å². The SMILES string of the molecule is COc1c(Cl)cc(-c2cc(C)cnc2NC(C)=O)cc1Cl. The van der Waals surface area contributed by atoms with E-state index >= 15 is 0 Å². The lowest BCUT2D eigenvalue weighted by Gasteiger charge is -2.13. The summed E-state index contributed by atoms with van der Waals surface area (Å²) in [4.78, 5) is 15.5. The van der Waals surface area contributed by atoms with Crippen molar-refractivity contribution in [3.8, 4) is 16.9 Å². The van der Waals surface area contributed by atoms with Crippen LogP contribution in [0.1, 0.15) is 12.5 Å². The van der Waals surface area contributed by atoms with Gasteiger partial charge < -0.3 is 10.1 Å². The minimum atomic E-state index is -0.196. The number of aryl methyl sites for hydroxylation is 1. The van der Waals surface area contributed by atoms with Gasteiger partial charge in [-0.25, -0.2) is 4.98 Å². The summed E-state index contributed by atoms with van der Waals surface area (Å²) < 4.78 is 5.14. The second kappa shape index (κ2) is 6.33. The molecule has 6 heteroatoms. The normalized spacial score (nSPS) is 10.3. The largest absolute Gasteiger partial charge is 0.494 e. The molecule has 0 aliphatic heterocycles. The van der Waals surface area contributed by atoms with Crippen molar-refractivity contribution in [2.45, 2.75) is 13.8 Å². The molecule has 4 nitrogen and oxygen atoms in total. The first-order valence-corrected chi connectivity index (χ1v) is 6.95. The Bertz CT molecular complexity index is 679. The summed E-state index contributed by atoms with van der Waals surface area (Å²) in [6.45, 7) is 3.35. The Morgan fingerprint density at radius 1 is 1.24 bits per heavy atom. The highest BCUT2D eigenvalue weighted by Gasteiger charge is 2.14. The average molecular weight is 325 g/mol. The molecule has 0 spiro atoms. The fraction of sp³-hybridized carbons (Fsp3) is 0.200. The highest BCUT2D eigenvalue weighted by molar-refractivity contribution is 6.37. The first-order valence-electron chi connectivity index (χ1n) is 6.20. The lowest BCUT2D eigenvalue weighted by molar-refractivity contribution is -0.114. The van der Waals surface area contributed by atoms with E-state index in [1.165, 1.54) is 14.0 Å². The first-order chi connectivity index (χ1) is 9.92. The van der Waals surface area contributed by atoms with Crippen LogP contribution < -0.4 is 10.1 Å². The number of hydrogen-bond acceptors (Lipinski definition) is 3. The van der Waals surface area contributed by atoms with Crippen LogP contribution in [0.2, 0.25) is 10.0 Å². The molecular weight excluding hydrogens is 311 g/mol. The molecule has 0 saturated heterocycles. The summed E-state index contributed by atoms with van der Waals surface area (Å²) in [7, 11) is 1.50. The summed E-state index contributed by atoms with van der Waals surface area (Å²) in [6.07, 6.45) is 1.68. The number of methoxy groups -OCH3 is 1. The number of carbonyl (C=O) groups excluding carboxylic acids is 1. The first kappa shape index (κ1) is 15.6. The van der Waals surface area contributed by atoms with Crippen LogP contribution >= 0.6 is 23.2 Å². The minimum absolute atomic E-state index is 0.196. The Morgan fingerprint density at radius 3 is 2.38 bits per heavy atom. The Balaban J connectivity index is 2.60. The van der Waals surface area contributed by atoms with Crippen molar-refractivity contribution in [3.05, 3.63) is 40.0 Å². The maximum Gasteiger partial charge on any atom is 0.222 e. The summed E-state index contributed by atoms with van der Waals surface area (Å²) >= 11 is 12.3. The summed E-state index contributed by atoms with van der Waals surface area (Å²) in [5, 5.41) is 3.50. The Morgan fingerprint density at radius 2 is 1.86 bits per heavy atom. The molecule has 1 heterocycles. The van der Waals surface area contributed by atoms with Crippen molar-refractivity contribution in [2.24, 2.45) is 0 Å². The molecule has 2 rings (SSSR count). The number of nitrogens with zero attached hydrogens (tertiary/aromatic N) is 1. The number of ether oxygens (including phenoxy) is 1. The third-order valence-corrected chi connectivity index (χ3v) is 3.39. The molecule has 110 valence electrons. The van der Waals surface area contributed by atoms with Crippen LogP contribution in [0.5, 0.6) is 5.75 Å². The van der Waals surface area contributed by atoms with Crippen LogP contribution in [0.4, 0.5) is 5.82 Å². The zero-order chi connectivity index (χ0) is 15.6. The van der Waals surface area contributed by atoms with Gasteiger partial charge in [0.1, 0.15) is 5.82 Å². The molecule has 0 bridgehead atoms. The zero-order valence-electron chi connectivity index (χ0n) is 11.8. The number of nitrogens with one attached hydrogen (secondary N) is 1. The van der Waals surface area contributed by atoms with Crippen molar-refractivity contribution >= 4 is 34.9 Å². The number of hydrogen-bond donors (Lipinski definition) is 1. The summed E-state index contributed by atoms with van der Waals surface area (Å²) in [5.74, 6) is 0.687. The second-order valence-electron chi connectivity index (χ2n) is 4.56. The highest BCUT2D eigenvalue weighted by atomic mass is 35.5. The van der Waals surface area contributed by atoms with E-state index in [4.69, 9.17) is 27.9 Å². The second-order valence-corrected chi connectivity index (χ2v) is 5.38. The van der Waals surface area contributed by atoms with E-state index in [2.05, 4.69) is 10.3 Å². The molecule has 0 saturated carbocycles. The van der Waals surface area contributed by atoms with Gasteiger partial charge in [0.25, 0.3) is 0 Å². The number of pyridine rings is 1. The van der Waals surface area contributed by atoms with E-state index < -0.39 is 0 Å². The molecular formula is C15H14Cl2N2O2. The molecule has 1 N–H and O–H groups in total. The Labute approximate surface area is 133 Å². The van der Waals surface area contributed by atoms with Crippen LogP contribution in [-0.4, -0.2) is 18.0 Å². The van der Waals surface area contributed by atoms with E-state index in [0.717, 1.165) is 16.7 Å². The molecule has 0 radical (unpaired) electrons. The van der Waals surface area contributed by atoms with Crippen molar-refractivity contribution in [2.75, 3.05) is 12.4 Å². The van der Waals surface area contributed by atoms with Gasteiger partial charge >= 0.3 is 0 Å². The van der Waals surface area contributed by atoms with Crippen LogP contribution in [0.15, 0.2) is 24.4 Å². The summed E-state index contributed by atoms with van der Waals surface area (Å²) in [5.41, 5.74) is 2.46. The lowest BCUT2D eigenvalue weighted by Crippen LogP contribution is -2.09. The topological polar surface area (TPSA) is 51.2 Å². The number of carbonyl (C=O) groups is 1. The quantitative estimate of drug-likeness (QED) is 0.914. The van der Waals surface area contributed by atoms with E-state index in [1.807, 2.05) is 13.0 Å². The van der Waals surface area contributed by atoms with Crippen LogP contribution in [0, 0.1) is 6.92 Å². The predicted octanol–water partition coefficient (Wildman–Crippen LogP) is 4.33. The van der Waals surface area contributed by atoms with Gasteiger partial charge in [0.2, 0.25) is 5.91 Å². The van der Waals surface area contributed by atoms with E-state index in [-0.39, 0.29) is 5.91 Å². The molecule has 0 atom stereocenters. The number of amides is 1. The van der Waals surface area contributed by atoms with Crippen LogP contribution in [0.3, 0.4) is 0 Å². The van der Waals surface area contributed by atoms with Crippen LogP contribution in [0.25, 0.3) is 11.1 Å². The molecule has 1 aromatic carbocycles. The number of halogens is 2. The van der Waals surface area contributed by atoms with Gasteiger partial charge in [-0.3, -0.25) is 4.79 Å². The number of rotatable bonds is 3. The van der Waals surface area contributed by atoms with Crippen molar-refractivity contribution < 1.29 is 9.53 Å². The van der Waals surface area contributed by atoms with E-state index in [0.29, 0.717) is 21.6 Å². The molecule has 0 fully saturated rings. The van der Waals surface area contributed by atoms with Gasteiger partial charge in [-0.2, -0.15) is 0 Å². The van der Waals surface area contributed by atoms with Gasteiger partial charge in [-0.1, -0.05) is 23.2 Å². The number of aromatic nitrogens is 1. The summed E-state index contributed by atoms with van der Waals surface area (Å²) in [6, 6.07) is 5.37. The van der Waals surface area contributed by atoms with Crippen LogP contribution in [-0.2, 0) is 4.79 Å². The zero-order valence-corrected chi connectivity index (χ0v) is 13.3. The number of anilines is 1. The molecule has 2 aromatic rings. The standard InChI is InChI=1S/C15H14Cl2N2O2/c1-8-4-11(15(18-7-8)19-9(2)20)10-5-12(16)14(21-3)13(17)6-10/h4-7H,1-3H3,(H,18,19,20). The van der Waals surface area contributed by atoms with Gasteiger partial charge in [0, 0.05) is 18.7 Å². The van der Waals surface area contributed by atoms with Gasteiger partial charge in [0.05, 0.1) is 17.2 Å². The third-order valence-electron chi connectivity index (χ3n) is 2.83. The molecule has 0 aliphatic carbocycles. The van der Waals surface area contributed by atoms with Crippen molar-refractivity contribution in [1.29, 1.82) is 0 Å².